The fourth-order valence-corrected chi connectivity index (χ4v) is 6.40. The maximum atomic E-state index is 12.8. The number of benzene rings is 1. The number of halogens is 1. The van der Waals surface area contributed by atoms with Crippen LogP contribution in [0.5, 0.6) is 5.88 Å². The number of nitrogens with zero attached hydrogens (tertiary/aromatic N) is 3. The second-order valence-electron chi connectivity index (χ2n) is 11.1. The van der Waals surface area contributed by atoms with Crippen LogP contribution in [0.15, 0.2) is 53.7 Å². The first-order chi connectivity index (χ1) is 19.9. The summed E-state index contributed by atoms with van der Waals surface area (Å²) in [5.41, 5.74) is 1.28. The van der Waals surface area contributed by atoms with E-state index in [2.05, 4.69) is 25.6 Å². The van der Waals surface area contributed by atoms with Crippen LogP contribution >= 0.6 is 11.6 Å². The van der Waals surface area contributed by atoms with Gasteiger partial charge in [-0.2, -0.15) is 0 Å². The summed E-state index contributed by atoms with van der Waals surface area (Å²) < 4.78 is 36.5. The Morgan fingerprint density at radius 2 is 1.69 bits per heavy atom. The molecule has 10 nitrogen and oxygen atoms in total. The van der Waals surface area contributed by atoms with Gasteiger partial charge in [-0.25, -0.2) is 28.2 Å². The van der Waals surface area contributed by atoms with Crippen LogP contribution < -0.4 is 15.4 Å². The minimum atomic E-state index is -3.68. The molecule has 0 unspecified atom stereocenters. The van der Waals surface area contributed by atoms with Gasteiger partial charge >= 0.3 is 6.09 Å². The van der Waals surface area contributed by atoms with Gasteiger partial charge in [0.1, 0.15) is 5.60 Å². The topological polar surface area (TPSA) is 132 Å². The van der Waals surface area contributed by atoms with Crippen molar-refractivity contribution in [3.63, 3.8) is 0 Å². The molecular weight excluding hydrogens is 578 g/mol. The number of sulfone groups is 1. The number of ether oxygens (including phenoxy) is 2. The standard InChI is InChI=1S/C30H36ClN5O5S/c1-30(2,3)41-29(37)36-23-15-13-22(14-16-23)35-28-32-17-20(18-33-28)9-10-21-11-12-24(34-27(21)40-4)19-42(38,39)26-8-6-5-7-25(26)31/h5-12,17-18,22-23H,13-16,19H2,1-4H3,(H,36,37)(H,32,33,35)/b10-9+. The molecule has 42 heavy (non-hydrogen) atoms. The zero-order valence-corrected chi connectivity index (χ0v) is 25.7. The van der Waals surface area contributed by atoms with Crippen LogP contribution in [0.1, 0.15) is 63.3 Å². The van der Waals surface area contributed by atoms with E-state index in [1.807, 2.05) is 32.9 Å². The lowest BCUT2D eigenvalue weighted by Crippen LogP contribution is -2.42. The SMILES string of the molecule is COc1nc(CS(=O)(=O)c2ccccc2Cl)ccc1/C=C/c1cnc(NC2CCC(NC(=O)OC(C)(C)C)CC2)nc1. The third kappa shape index (κ3) is 8.90. The number of nitrogens with one attached hydrogen (secondary N) is 2. The number of anilines is 1. The van der Waals surface area contributed by atoms with Gasteiger partial charge in [0.2, 0.25) is 11.8 Å². The lowest BCUT2D eigenvalue weighted by Gasteiger charge is -2.30. The highest BCUT2D eigenvalue weighted by Crippen LogP contribution is 2.26. The van der Waals surface area contributed by atoms with Crippen LogP contribution in [0.4, 0.5) is 10.7 Å². The lowest BCUT2D eigenvalue weighted by atomic mass is 9.91. The van der Waals surface area contributed by atoms with Crippen molar-refractivity contribution in [2.75, 3.05) is 12.4 Å². The molecule has 2 aromatic heterocycles. The summed E-state index contributed by atoms with van der Waals surface area (Å²) in [6.07, 6.45) is 10.1. The van der Waals surface area contributed by atoms with Crippen LogP contribution in [-0.4, -0.2) is 54.3 Å². The number of amides is 1. The van der Waals surface area contributed by atoms with Crippen molar-refractivity contribution in [1.29, 1.82) is 0 Å². The summed E-state index contributed by atoms with van der Waals surface area (Å²) in [6.45, 7) is 5.55. The molecule has 1 fully saturated rings. The van der Waals surface area contributed by atoms with Gasteiger partial charge in [0.05, 0.1) is 28.5 Å². The molecule has 224 valence electrons. The van der Waals surface area contributed by atoms with Crippen molar-refractivity contribution < 1.29 is 22.7 Å². The molecule has 12 heteroatoms. The third-order valence-electron chi connectivity index (χ3n) is 6.56. The normalized spacial score (nSPS) is 17.5. The van der Waals surface area contributed by atoms with Crippen LogP contribution in [0.2, 0.25) is 5.02 Å². The van der Waals surface area contributed by atoms with E-state index in [9.17, 15) is 13.2 Å². The van der Waals surface area contributed by atoms with Gasteiger partial charge in [-0.3, -0.25) is 0 Å². The average molecular weight is 614 g/mol. The minimum absolute atomic E-state index is 0.0669. The molecule has 1 aliphatic carbocycles. The molecule has 2 heterocycles. The minimum Gasteiger partial charge on any atom is -0.481 e. The van der Waals surface area contributed by atoms with Crippen LogP contribution in [0, 0.1) is 0 Å². The molecule has 0 saturated heterocycles. The molecule has 0 spiro atoms. The predicted molar refractivity (Wildman–Crippen MR) is 163 cm³/mol. The Bertz CT molecular complexity index is 1520. The number of hydrogen-bond acceptors (Lipinski definition) is 9. The molecule has 4 rings (SSSR count). The number of pyridine rings is 1. The number of rotatable bonds is 9. The molecule has 3 aromatic rings. The zero-order valence-electron chi connectivity index (χ0n) is 24.1. The molecule has 1 amide bonds. The fourth-order valence-electron chi connectivity index (χ4n) is 4.55. The summed E-state index contributed by atoms with van der Waals surface area (Å²) in [7, 11) is -2.20. The van der Waals surface area contributed by atoms with E-state index in [4.69, 9.17) is 21.1 Å². The van der Waals surface area contributed by atoms with Crippen LogP contribution in [0.25, 0.3) is 12.2 Å². The molecule has 0 bridgehead atoms. The maximum Gasteiger partial charge on any atom is 0.407 e. The van der Waals surface area contributed by atoms with Gasteiger partial charge in [-0.05, 0) is 76.8 Å². The highest BCUT2D eigenvalue weighted by atomic mass is 35.5. The molecule has 1 aliphatic rings. The number of carbonyl (C=O) groups excluding carboxylic acids is 1. The molecule has 2 N–H and O–H groups in total. The van der Waals surface area contributed by atoms with Gasteiger partial charge in [0, 0.05) is 35.6 Å². The van der Waals surface area contributed by atoms with E-state index in [0.29, 0.717) is 23.1 Å². The Morgan fingerprint density at radius 1 is 1.02 bits per heavy atom. The fraction of sp³-hybridized carbons (Fsp3) is 0.400. The first-order valence-electron chi connectivity index (χ1n) is 13.7. The molecule has 0 aliphatic heterocycles. The zero-order chi connectivity index (χ0) is 30.3. The summed E-state index contributed by atoms with van der Waals surface area (Å²) in [6, 6.07) is 10.1. The van der Waals surface area contributed by atoms with Gasteiger partial charge in [-0.1, -0.05) is 29.8 Å². The Kier molecular flexibility index (Phi) is 10.1. The first kappa shape index (κ1) is 31.2. The molecule has 1 aromatic carbocycles. The van der Waals surface area contributed by atoms with Gasteiger partial charge in [0.15, 0.2) is 9.84 Å². The summed E-state index contributed by atoms with van der Waals surface area (Å²) in [5, 5.41) is 6.50. The second kappa shape index (κ2) is 13.5. The molecule has 0 radical (unpaired) electrons. The third-order valence-corrected chi connectivity index (χ3v) is 8.70. The summed E-state index contributed by atoms with van der Waals surface area (Å²) in [5.74, 6) is 0.537. The van der Waals surface area contributed by atoms with E-state index in [1.165, 1.54) is 13.2 Å². The lowest BCUT2D eigenvalue weighted by molar-refractivity contribution is 0.0492. The van der Waals surface area contributed by atoms with Crippen molar-refractivity contribution in [3.05, 3.63) is 70.6 Å². The smallest absolute Gasteiger partial charge is 0.407 e. The van der Waals surface area contributed by atoms with Crippen molar-refractivity contribution >= 4 is 45.6 Å². The second-order valence-corrected chi connectivity index (χ2v) is 13.5. The first-order valence-corrected chi connectivity index (χ1v) is 15.7. The maximum absolute atomic E-state index is 12.8. The number of aromatic nitrogens is 3. The van der Waals surface area contributed by atoms with E-state index < -0.39 is 15.4 Å². The highest BCUT2D eigenvalue weighted by Gasteiger charge is 2.25. The number of hydrogen-bond donors (Lipinski definition) is 2. The van der Waals surface area contributed by atoms with E-state index in [0.717, 1.165) is 31.2 Å². The van der Waals surface area contributed by atoms with E-state index in [-0.39, 0.29) is 33.8 Å². The highest BCUT2D eigenvalue weighted by molar-refractivity contribution is 7.90. The summed E-state index contributed by atoms with van der Waals surface area (Å²) >= 11 is 6.09. The number of carbonyl (C=O) groups is 1. The number of methoxy groups -OCH3 is 1. The molecular formula is C30H36ClN5O5S. The summed E-state index contributed by atoms with van der Waals surface area (Å²) in [4.78, 5) is 25.4. The van der Waals surface area contributed by atoms with Gasteiger partial charge in [0.25, 0.3) is 0 Å². The van der Waals surface area contributed by atoms with E-state index >= 15 is 0 Å². The molecule has 0 atom stereocenters. The van der Waals surface area contributed by atoms with Crippen molar-refractivity contribution in [2.24, 2.45) is 0 Å². The monoisotopic (exact) mass is 613 g/mol. The van der Waals surface area contributed by atoms with Crippen molar-refractivity contribution in [3.8, 4) is 5.88 Å². The van der Waals surface area contributed by atoms with Gasteiger partial charge < -0.3 is 20.1 Å². The Morgan fingerprint density at radius 3 is 2.33 bits per heavy atom. The number of alkyl carbamates (subject to hydrolysis) is 1. The largest absolute Gasteiger partial charge is 0.481 e. The van der Waals surface area contributed by atoms with E-state index in [1.54, 1.807) is 42.7 Å². The quantitative estimate of drug-likeness (QED) is 0.301. The Hall–Kier alpha value is -3.70. The van der Waals surface area contributed by atoms with Crippen LogP contribution in [-0.2, 0) is 20.3 Å². The molecule has 1 saturated carbocycles. The van der Waals surface area contributed by atoms with Gasteiger partial charge in [-0.15, -0.1) is 0 Å². The average Bonchev–Trinajstić information content (AvgIpc) is 2.93. The van der Waals surface area contributed by atoms with Crippen molar-refractivity contribution in [2.45, 2.75) is 74.8 Å². The predicted octanol–water partition coefficient (Wildman–Crippen LogP) is 5.93. The Labute approximate surface area is 251 Å². The van der Waals surface area contributed by atoms with Crippen LogP contribution in [0.3, 0.4) is 0 Å². The Balaban J connectivity index is 1.31. The van der Waals surface area contributed by atoms with Crippen molar-refractivity contribution in [1.82, 2.24) is 20.3 Å².